The molecule has 1 aliphatic rings. The Morgan fingerprint density at radius 1 is 1.26 bits per heavy atom. The number of halogens is 2. The number of benzene rings is 1. The largest absolute Gasteiger partial charge is 0.495 e. The first kappa shape index (κ1) is 13.9. The highest BCUT2D eigenvalue weighted by Gasteiger charge is 2.35. The molecule has 0 atom stereocenters. The SMILES string of the molecule is CNc1cc(OC2CCC(F)(F)CC2)ccc1OC. The standard InChI is InChI=1S/C14H19F2NO2/c1-17-12-9-11(3-4-13(12)18-2)19-10-5-7-14(15,16)8-6-10/h3-4,9-10,17H,5-8H2,1-2H3. The fourth-order valence-corrected chi connectivity index (χ4v) is 2.28. The first-order chi connectivity index (χ1) is 9.04. The van der Waals surface area contributed by atoms with E-state index in [-0.39, 0.29) is 18.9 Å². The van der Waals surface area contributed by atoms with Crippen molar-refractivity contribution in [2.75, 3.05) is 19.5 Å². The summed E-state index contributed by atoms with van der Waals surface area (Å²) in [4.78, 5) is 0. The Bertz CT molecular complexity index is 427. The van der Waals surface area contributed by atoms with Gasteiger partial charge < -0.3 is 14.8 Å². The molecule has 0 aliphatic heterocycles. The first-order valence-corrected chi connectivity index (χ1v) is 6.44. The van der Waals surface area contributed by atoms with Gasteiger partial charge in [0.2, 0.25) is 5.92 Å². The molecule has 0 unspecified atom stereocenters. The molecular weight excluding hydrogens is 252 g/mol. The highest BCUT2D eigenvalue weighted by atomic mass is 19.3. The van der Waals surface area contributed by atoms with E-state index in [1.165, 1.54) is 0 Å². The highest BCUT2D eigenvalue weighted by molar-refractivity contribution is 5.59. The predicted octanol–water partition coefficient (Wildman–Crippen LogP) is 3.69. The van der Waals surface area contributed by atoms with Crippen molar-refractivity contribution >= 4 is 5.69 Å². The maximum atomic E-state index is 13.1. The highest BCUT2D eigenvalue weighted by Crippen LogP contribution is 2.36. The van der Waals surface area contributed by atoms with Crippen molar-refractivity contribution in [1.82, 2.24) is 0 Å². The van der Waals surface area contributed by atoms with Gasteiger partial charge in [0.1, 0.15) is 11.5 Å². The van der Waals surface area contributed by atoms with E-state index in [0.717, 1.165) is 11.4 Å². The van der Waals surface area contributed by atoms with Gasteiger partial charge in [-0.1, -0.05) is 0 Å². The normalized spacial score (nSPS) is 18.9. The monoisotopic (exact) mass is 271 g/mol. The molecule has 0 amide bonds. The third kappa shape index (κ3) is 3.49. The fraction of sp³-hybridized carbons (Fsp3) is 0.571. The van der Waals surface area contributed by atoms with E-state index in [0.29, 0.717) is 18.6 Å². The van der Waals surface area contributed by atoms with Crippen molar-refractivity contribution in [2.45, 2.75) is 37.7 Å². The van der Waals surface area contributed by atoms with Crippen LogP contribution in [0.4, 0.5) is 14.5 Å². The maximum Gasteiger partial charge on any atom is 0.248 e. The summed E-state index contributed by atoms with van der Waals surface area (Å²) in [5.74, 6) is -1.11. The summed E-state index contributed by atoms with van der Waals surface area (Å²) in [6, 6.07) is 5.43. The van der Waals surface area contributed by atoms with Crippen LogP contribution in [0.5, 0.6) is 11.5 Å². The van der Waals surface area contributed by atoms with Crippen molar-refractivity contribution in [3.05, 3.63) is 18.2 Å². The number of ether oxygens (including phenoxy) is 2. The van der Waals surface area contributed by atoms with Crippen LogP contribution in [-0.4, -0.2) is 26.2 Å². The van der Waals surface area contributed by atoms with Crippen LogP contribution < -0.4 is 14.8 Å². The number of alkyl halides is 2. The molecule has 19 heavy (non-hydrogen) atoms. The second-order valence-corrected chi connectivity index (χ2v) is 4.79. The van der Waals surface area contributed by atoms with E-state index in [1.807, 2.05) is 6.07 Å². The Balaban J connectivity index is 2.00. The number of hydrogen-bond donors (Lipinski definition) is 1. The minimum atomic E-state index is -2.52. The molecule has 3 nitrogen and oxygen atoms in total. The first-order valence-electron chi connectivity index (χ1n) is 6.44. The number of anilines is 1. The predicted molar refractivity (Wildman–Crippen MR) is 70.4 cm³/mol. The van der Waals surface area contributed by atoms with E-state index in [4.69, 9.17) is 9.47 Å². The van der Waals surface area contributed by atoms with Crippen LogP contribution in [-0.2, 0) is 0 Å². The van der Waals surface area contributed by atoms with E-state index in [1.54, 1.807) is 26.3 Å². The zero-order valence-electron chi connectivity index (χ0n) is 11.2. The van der Waals surface area contributed by atoms with Gasteiger partial charge in [0.25, 0.3) is 0 Å². The van der Waals surface area contributed by atoms with Gasteiger partial charge in [0, 0.05) is 26.0 Å². The van der Waals surface area contributed by atoms with E-state index in [2.05, 4.69) is 5.32 Å². The van der Waals surface area contributed by atoms with Crippen molar-refractivity contribution in [2.24, 2.45) is 0 Å². The lowest BCUT2D eigenvalue weighted by atomic mass is 9.94. The van der Waals surface area contributed by atoms with Gasteiger partial charge in [-0.3, -0.25) is 0 Å². The Morgan fingerprint density at radius 2 is 1.95 bits per heavy atom. The summed E-state index contributed by atoms with van der Waals surface area (Å²) < 4.78 is 37.1. The third-order valence-corrected chi connectivity index (χ3v) is 3.41. The molecule has 1 aromatic carbocycles. The van der Waals surface area contributed by atoms with Crippen LogP contribution in [0.25, 0.3) is 0 Å². The average Bonchev–Trinajstić information content (AvgIpc) is 2.41. The summed E-state index contributed by atoms with van der Waals surface area (Å²) in [6.07, 6.45) is 0.485. The molecular formula is C14H19F2NO2. The van der Waals surface area contributed by atoms with Gasteiger partial charge in [-0.05, 0) is 25.0 Å². The molecule has 0 heterocycles. The second-order valence-electron chi connectivity index (χ2n) is 4.79. The lowest BCUT2D eigenvalue weighted by molar-refractivity contribution is -0.0582. The van der Waals surface area contributed by atoms with Gasteiger partial charge in [0.05, 0.1) is 18.9 Å². The molecule has 1 aliphatic carbocycles. The topological polar surface area (TPSA) is 30.5 Å². The van der Waals surface area contributed by atoms with Crippen LogP contribution in [0.1, 0.15) is 25.7 Å². The summed E-state index contributed by atoms with van der Waals surface area (Å²) in [7, 11) is 3.39. The number of hydrogen-bond acceptors (Lipinski definition) is 3. The quantitative estimate of drug-likeness (QED) is 0.906. The van der Waals surface area contributed by atoms with Crippen molar-refractivity contribution in [1.29, 1.82) is 0 Å². The van der Waals surface area contributed by atoms with Crippen LogP contribution in [0.2, 0.25) is 0 Å². The zero-order chi connectivity index (χ0) is 13.9. The summed E-state index contributed by atoms with van der Waals surface area (Å²) in [6.45, 7) is 0. The number of rotatable bonds is 4. The molecule has 1 aromatic rings. The molecule has 106 valence electrons. The molecule has 0 saturated heterocycles. The smallest absolute Gasteiger partial charge is 0.248 e. The van der Waals surface area contributed by atoms with E-state index < -0.39 is 5.92 Å². The maximum absolute atomic E-state index is 13.1. The molecule has 2 rings (SSSR count). The average molecular weight is 271 g/mol. The summed E-state index contributed by atoms with van der Waals surface area (Å²) in [5.41, 5.74) is 0.820. The minimum Gasteiger partial charge on any atom is -0.495 e. The van der Waals surface area contributed by atoms with Gasteiger partial charge in [-0.15, -0.1) is 0 Å². The zero-order valence-corrected chi connectivity index (χ0v) is 11.2. The third-order valence-electron chi connectivity index (χ3n) is 3.41. The molecule has 1 N–H and O–H groups in total. The lowest BCUT2D eigenvalue weighted by Crippen LogP contribution is -2.30. The van der Waals surface area contributed by atoms with Crippen molar-refractivity contribution in [3.8, 4) is 11.5 Å². The van der Waals surface area contributed by atoms with Crippen molar-refractivity contribution < 1.29 is 18.3 Å². The van der Waals surface area contributed by atoms with Gasteiger partial charge in [0.15, 0.2) is 0 Å². The molecule has 0 bridgehead atoms. The lowest BCUT2D eigenvalue weighted by Gasteiger charge is -2.28. The molecule has 0 spiro atoms. The van der Waals surface area contributed by atoms with Crippen LogP contribution >= 0.6 is 0 Å². The number of methoxy groups -OCH3 is 1. The Labute approximate surface area is 111 Å². The minimum absolute atomic E-state index is 0.0906. The second kappa shape index (κ2) is 5.63. The van der Waals surface area contributed by atoms with E-state index in [9.17, 15) is 8.78 Å². The Morgan fingerprint density at radius 3 is 2.53 bits per heavy atom. The molecule has 1 fully saturated rings. The summed E-state index contributed by atoms with van der Waals surface area (Å²) in [5, 5.41) is 3.01. The van der Waals surface area contributed by atoms with Gasteiger partial charge >= 0.3 is 0 Å². The number of nitrogens with one attached hydrogen (secondary N) is 1. The van der Waals surface area contributed by atoms with Crippen LogP contribution in [0.15, 0.2) is 18.2 Å². The Hall–Kier alpha value is -1.52. The van der Waals surface area contributed by atoms with Gasteiger partial charge in [-0.2, -0.15) is 0 Å². The van der Waals surface area contributed by atoms with E-state index >= 15 is 0 Å². The Kier molecular flexibility index (Phi) is 4.12. The molecule has 0 radical (unpaired) electrons. The summed E-state index contributed by atoms with van der Waals surface area (Å²) >= 11 is 0. The molecule has 5 heteroatoms. The van der Waals surface area contributed by atoms with Crippen LogP contribution in [0.3, 0.4) is 0 Å². The van der Waals surface area contributed by atoms with Gasteiger partial charge in [-0.25, -0.2) is 8.78 Å². The molecule has 1 saturated carbocycles. The fourth-order valence-electron chi connectivity index (χ4n) is 2.28. The van der Waals surface area contributed by atoms with Crippen molar-refractivity contribution in [3.63, 3.8) is 0 Å². The molecule has 0 aromatic heterocycles. The van der Waals surface area contributed by atoms with Crippen LogP contribution in [0, 0.1) is 0 Å².